The van der Waals surface area contributed by atoms with Crippen LogP contribution in [-0.2, 0) is 17.8 Å². The van der Waals surface area contributed by atoms with Gasteiger partial charge in [0, 0.05) is 30.4 Å². The van der Waals surface area contributed by atoms with Crippen LogP contribution in [0, 0.1) is 19.3 Å². The van der Waals surface area contributed by atoms with Gasteiger partial charge in [0.2, 0.25) is 5.91 Å². The van der Waals surface area contributed by atoms with Gasteiger partial charge in [-0.15, -0.1) is 11.3 Å². The van der Waals surface area contributed by atoms with Gasteiger partial charge in [-0.1, -0.05) is 0 Å². The Morgan fingerprint density at radius 3 is 2.84 bits per heavy atom. The van der Waals surface area contributed by atoms with Crippen LogP contribution in [0.3, 0.4) is 0 Å². The molecular weight excluding hydrogens is 430 g/mol. The number of furan rings is 1. The molecule has 31 heavy (non-hydrogen) atoms. The van der Waals surface area contributed by atoms with Crippen LogP contribution in [-0.4, -0.2) is 33.8 Å². The van der Waals surface area contributed by atoms with Crippen LogP contribution in [0.25, 0.3) is 0 Å². The first-order valence-corrected chi connectivity index (χ1v) is 12.4. The normalized spacial score (nSPS) is 24.6. The lowest BCUT2D eigenvalue weighted by Crippen LogP contribution is -2.51. The maximum Gasteiger partial charge on any atom is 0.257 e. The Kier molecular flexibility index (Phi) is 5.22. The van der Waals surface area contributed by atoms with Crippen molar-refractivity contribution in [1.82, 2.24) is 15.2 Å². The molecule has 0 spiro atoms. The third kappa shape index (κ3) is 3.51. The van der Waals surface area contributed by atoms with E-state index in [0.29, 0.717) is 30.7 Å². The highest BCUT2D eigenvalue weighted by Gasteiger charge is 2.61. The molecule has 2 aliphatic heterocycles. The Morgan fingerprint density at radius 1 is 1.29 bits per heavy atom. The summed E-state index contributed by atoms with van der Waals surface area (Å²) in [5.41, 5.74) is 3.78. The van der Waals surface area contributed by atoms with Crippen LogP contribution >= 0.6 is 22.7 Å². The van der Waals surface area contributed by atoms with Gasteiger partial charge in [0.25, 0.3) is 5.91 Å². The summed E-state index contributed by atoms with van der Waals surface area (Å²) >= 11 is 3.16. The first kappa shape index (κ1) is 20.5. The largest absolute Gasteiger partial charge is 0.466 e. The first-order chi connectivity index (χ1) is 15.0. The van der Waals surface area contributed by atoms with Crippen LogP contribution in [0.15, 0.2) is 38.2 Å². The predicted octanol–water partition coefficient (Wildman–Crippen LogP) is 4.34. The second-order valence-electron chi connectivity index (χ2n) is 8.62. The molecule has 0 unspecified atom stereocenters. The quantitative estimate of drug-likeness (QED) is 0.600. The van der Waals surface area contributed by atoms with Crippen molar-refractivity contribution in [3.05, 3.63) is 62.1 Å². The molecule has 6 nitrogen and oxygen atoms in total. The lowest BCUT2D eigenvalue weighted by atomic mass is 9.70. The van der Waals surface area contributed by atoms with E-state index < -0.39 is 5.41 Å². The summed E-state index contributed by atoms with van der Waals surface area (Å²) in [7, 11) is 0. The summed E-state index contributed by atoms with van der Waals surface area (Å²) in [6, 6.07) is 3.77. The summed E-state index contributed by atoms with van der Waals surface area (Å²) < 4.78 is 5.62. The number of aryl methyl sites for hydroxylation is 2. The highest BCUT2D eigenvalue weighted by Crippen LogP contribution is 2.52. The Morgan fingerprint density at radius 2 is 2.16 bits per heavy atom. The average Bonchev–Trinajstić information content (AvgIpc) is 3.55. The third-order valence-electron chi connectivity index (χ3n) is 6.71. The van der Waals surface area contributed by atoms with Crippen molar-refractivity contribution in [2.24, 2.45) is 5.41 Å². The number of hydrogen-bond donors (Lipinski definition) is 1. The molecule has 3 aromatic rings. The third-order valence-corrected chi connectivity index (χ3v) is 8.08. The summed E-state index contributed by atoms with van der Waals surface area (Å²) in [6.45, 7) is 4.19. The second kappa shape index (κ2) is 7.91. The second-order valence-corrected chi connectivity index (χ2v) is 10.1. The minimum atomic E-state index is -0.657. The number of aromatic nitrogens is 1. The number of nitrogens with one attached hydrogen (secondary N) is 1. The molecule has 2 fully saturated rings. The molecule has 2 saturated heterocycles. The van der Waals surface area contributed by atoms with Crippen LogP contribution in [0.2, 0.25) is 0 Å². The van der Waals surface area contributed by atoms with Crippen molar-refractivity contribution in [1.29, 1.82) is 0 Å². The molecule has 0 aromatic carbocycles. The van der Waals surface area contributed by atoms with Crippen molar-refractivity contribution in [2.45, 2.75) is 58.2 Å². The van der Waals surface area contributed by atoms with E-state index in [0.717, 1.165) is 29.9 Å². The van der Waals surface area contributed by atoms with E-state index >= 15 is 0 Å². The Bertz CT molecular complexity index is 1090. The fourth-order valence-corrected chi connectivity index (χ4v) is 6.61. The topological polar surface area (TPSA) is 75.4 Å². The number of amides is 2. The monoisotopic (exact) mass is 455 g/mol. The fraction of sp³-hybridized carbons (Fsp3) is 0.435. The number of carbonyl (C=O) groups excluding carboxylic acids is 2. The molecule has 162 valence electrons. The summed E-state index contributed by atoms with van der Waals surface area (Å²) in [6.07, 6.45) is 3.00. The molecule has 0 radical (unpaired) electrons. The molecule has 2 amide bonds. The number of carbonyl (C=O) groups is 2. The zero-order valence-corrected chi connectivity index (χ0v) is 19.2. The van der Waals surface area contributed by atoms with Crippen molar-refractivity contribution in [3.8, 4) is 0 Å². The smallest absolute Gasteiger partial charge is 0.257 e. The lowest BCUT2D eigenvalue weighted by molar-refractivity contribution is -0.133. The number of fused-ring (bicyclic) bond motifs is 2. The van der Waals surface area contributed by atoms with E-state index in [1.54, 1.807) is 16.8 Å². The molecule has 3 atom stereocenters. The number of rotatable bonds is 6. The van der Waals surface area contributed by atoms with Crippen LogP contribution in [0.4, 0.5) is 0 Å². The van der Waals surface area contributed by atoms with E-state index in [2.05, 4.69) is 10.3 Å². The first-order valence-electron chi connectivity index (χ1n) is 10.5. The van der Waals surface area contributed by atoms with Gasteiger partial charge in [0.05, 0.1) is 22.2 Å². The molecule has 3 aromatic heterocycles. The van der Waals surface area contributed by atoms with Gasteiger partial charge in [0.15, 0.2) is 0 Å². The minimum absolute atomic E-state index is 0.0207. The van der Waals surface area contributed by atoms with Gasteiger partial charge in [-0.3, -0.25) is 9.59 Å². The van der Waals surface area contributed by atoms with E-state index in [4.69, 9.17) is 4.42 Å². The zero-order chi connectivity index (χ0) is 21.6. The average molecular weight is 456 g/mol. The van der Waals surface area contributed by atoms with Gasteiger partial charge in [0.1, 0.15) is 11.5 Å². The molecule has 5 heterocycles. The standard InChI is InChI=1S/C23H25N3O3S2/c1-14-7-19(15(2)29-14)21(27)26-18-3-4-20(26)23(9-18,8-17-12-31-13-25-17)22(28)24-10-16-5-6-30-11-16/h5-7,11-13,18,20H,3-4,8-10H2,1-2H3,(H,24,28)/t18-,20+,23+/m1/s1. The van der Waals surface area contributed by atoms with Gasteiger partial charge in [-0.25, -0.2) is 4.98 Å². The molecule has 8 heteroatoms. The van der Waals surface area contributed by atoms with Crippen molar-refractivity contribution in [3.63, 3.8) is 0 Å². The highest BCUT2D eigenvalue weighted by atomic mass is 32.1. The van der Waals surface area contributed by atoms with Gasteiger partial charge in [-0.05, 0) is 61.6 Å². The molecule has 2 bridgehead atoms. The molecule has 2 aliphatic rings. The van der Waals surface area contributed by atoms with Gasteiger partial charge in [-0.2, -0.15) is 11.3 Å². The Hall–Kier alpha value is -2.45. The molecule has 5 rings (SSSR count). The predicted molar refractivity (Wildman–Crippen MR) is 120 cm³/mol. The molecular formula is C23H25N3O3S2. The highest BCUT2D eigenvalue weighted by molar-refractivity contribution is 7.08. The maximum atomic E-state index is 13.7. The summed E-state index contributed by atoms with van der Waals surface area (Å²) in [4.78, 5) is 33.6. The fourth-order valence-electron chi connectivity index (χ4n) is 5.39. The van der Waals surface area contributed by atoms with E-state index in [9.17, 15) is 9.59 Å². The van der Waals surface area contributed by atoms with E-state index in [1.165, 1.54) is 11.3 Å². The zero-order valence-electron chi connectivity index (χ0n) is 17.6. The number of thiophene rings is 1. The number of hydrogen-bond acceptors (Lipinski definition) is 6. The molecule has 1 N–H and O–H groups in total. The van der Waals surface area contributed by atoms with Crippen molar-refractivity contribution < 1.29 is 14.0 Å². The SMILES string of the molecule is Cc1cc(C(=O)N2[C@@H]3CC[C@H]2[C@@](Cc2cscn2)(C(=O)NCc2ccsc2)C3)c(C)o1. The lowest BCUT2D eigenvalue weighted by Gasteiger charge is -2.35. The van der Waals surface area contributed by atoms with Crippen LogP contribution in [0.5, 0.6) is 0 Å². The van der Waals surface area contributed by atoms with Crippen LogP contribution < -0.4 is 5.32 Å². The summed E-state index contributed by atoms with van der Waals surface area (Å²) in [5.74, 6) is 1.37. The van der Waals surface area contributed by atoms with Crippen LogP contribution in [0.1, 0.15) is 52.4 Å². The van der Waals surface area contributed by atoms with Crippen molar-refractivity contribution >= 4 is 34.5 Å². The number of nitrogens with zero attached hydrogens (tertiary/aromatic N) is 2. The van der Waals surface area contributed by atoms with E-state index in [-0.39, 0.29) is 23.9 Å². The Labute approximate surface area is 189 Å². The Balaban J connectivity index is 1.46. The minimum Gasteiger partial charge on any atom is -0.466 e. The maximum absolute atomic E-state index is 13.7. The number of thiazole rings is 1. The van der Waals surface area contributed by atoms with Crippen molar-refractivity contribution in [2.75, 3.05) is 0 Å². The molecule has 0 aliphatic carbocycles. The van der Waals surface area contributed by atoms with E-state index in [1.807, 2.05) is 47.0 Å². The van der Waals surface area contributed by atoms with Gasteiger partial charge < -0.3 is 14.6 Å². The molecule has 0 saturated carbocycles. The van der Waals surface area contributed by atoms with Gasteiger partial charge >= 0.3 is 0 Å². The summed E-state index contributed by atoms with van der Waals surface area (Å²) in [5, 5.41) is 9.24.